The molecule has 20 heavy (non-hydrogen) atoms. The number of aliphatic carboxylic acids is 3. The van der Waals surface area contributed by atoms with Crippen LogP contribution in [0.5, 0.6) is 0 Å². The van der Waals surface area contributed by atoms with Gasteiger partial charge in [-0.05, 0) is 0 Å². The summed E-state index contributed by atoms with van der Waals surface area (Å²) in [4.78, 5) is 42.3. The lowest BCUT2D eigenvalue weighted by Gasteiger charge is -2.29. The first-order chi connectivity index (χ1) is 8.84. The van der Waals surface area contributed by atoms with Crippen molar-refractivity contribution < 1.29 is 59.7 Å². The quantitative estimate of drug-likeness (QED) is 0.176. The maximum atomic E-state index is 11.2. The zero-order chi connectivity index (χ0) is 16.3. The predicted molar refractivity (Wildman–Crippen MR) is 51.7 cm³/mol. The third-order valence-electron chi connectivity index (χ3n) is 1.95. The van der Waals surface area contributed by atoms with E-state index >= 15 is 0 Å². The molecule has 0 aromatic rings. The lowest BCUT2D eigenvalue weighted by Crippen LogP contribution is -2.65. The molecule has 0 rings (SSSR count). The molecule has 0 amide bonds. The van der Waals surface area contributed by atoms with Crippen LogP contribution in [0.1, 0.15) is 6.42 Å². The highest BCUT2D eigenvalue weighted by Gasteiger charge is 2.61. The number of carbonyl (C=O) groups excluding carboxylic acids is 1. The van der Waals surface area contributed by atoms with Crippen molar-refractivity contribution in [3.63, 3.8) is 0 Å². The van der Waals surface area contributed by atoms with E-state index in [1.165, 1.54) is 0 Å². The molecule has 1 unspecified atom stereocenters. The molecule has 0 saturated heterocycles. The Balaban J connectivity index is 5.20. The van der Waals surface area contributed by atoms with Crippen molar-refractivity contribution in [2.75, 3.05) is 0 Å². The minimum Gasteiger partial charge on any atom is -0.481 e. The van der Waals surface area contributed by atoms with Crippen LogP contribution in [0.4, 0.5) is 0 Å². The summed E-state index contributed by atoms with van der Waals surface area (Å²) < 4.78 is 3.82. The van der Waals surface area contributed by atoms with Gasteiger partial charge in [0.15, 0.2) is 0 Å². The van der Waals surface area contributed by atoms with E-state index in [1.807, 2.05) is 0 Å². The zero-order valence-corrected chi connectivity index (χ0v) is 9.46. The lowest BCUT2D eigenvalue weighted by atomic mass is 10.1. The van der Waals surface area contributed by atoms with Gasteiger partial charge >= 0.3 is 35.5 Å². The Bertz CT molecular complexity index is 435. The third kappa shape index (κ3) is 3.61. The topological polar surface area (TPSA) is 219 Å². The summed E-state index contributed by atoms with van der Waals surface area (Å²) in [6.45, 7) is 0. The van der Waals surface area contributed by atoms with Gasteiger partial charge in [0.1, 0.15) is 0 Å². The van der Waals surface area contributed by atoms with E-state index < -0.39 is 48.0 Å². The number of carboxylic acids is 3. The average molecular weight is 298 g/mol. The van der Waals surface area contributed by atoms with Gasteiger partial charge in [0.2, 0.25) is 6.10 Å². The number of esters is 1. The molecule has 0 aromatic carbocycles. The average Bonchev–Trinajstić information content (AvgIpc) is 2.26. The molecular formula is C8H10O12. The Morgan fingerprint density at radius 2 is 1.35 bits per heavy atom. The van der Waals surface area contributed by atoms with Gasteiger partial charge in [0.05, 0.1) is 6.42 Å². The van der Waals surface area contributed by atoms with E-state index in [2.05, 4.69) is 4.74 Å². The van der Waals surface area contributed by atoms with Crippen molar-refractivity contribution in [3.8, 4) is 0 Å². The van der Waals surface area contributed by atoms with Crippen LogP contribution in [0, 0.1) is 0 Å². The second-order valence-corrected chi connectivity index (χ2v) is 3.48. The summed E-state index contributed by atoms with van der Waals surface area (Å²) in [5, 5.41) is 60.7. The first-order valence-electron chi connectivity index (χ1n) is 4.62. The molecular weight excluding hydrogens is 288 g/mol. The normalized spacial score (nSPS) is 13.4. The molecule has 12 nitrogen and oxygen atoms in total. The summed E-state index contributed by atoms with van der Waals surface area (Å²) in [6.07, 6.45) is -3.68. The second-order valence-electron chi connectivity index (χ2n) is 3.48. The van der Waals surface area contributed by atoms with E-state index in [9.17, 15) is 19.2 Å². The van der Waals surface area contributed by atoms with Gasteiger partial charge in [-0.2, -0.15) is 0 Å². The minimum absolute atomic E-state index is 1.28. The fourth-order valence-electron chi connectivity index (χ4n) is 0.841. The smallest absolute Gasteiger partial charge is 0.374 e. The van der Waals surface area contributed by atoms with Gasteiger partial charge in [-0.3, -0.25) is 4.79 Å². The van der Waals surface area contributed by atoms with Crippen molar-refractivity contribution in [1.29, 1.82) is 0 Å². The molecule has 12 heteroatoms. The minimum atomic E-state index is -4.43. The first-order valence-corrected chi connectivity index (χ1v) is 4.62. The van der Waals surface area contributed by atoms with Crippen molar-refractivity contribution in [2.24, 2.45) is 0 Å². The molecule has 0 saturated carbocycles. The lowest BCUT2D eigenvalue weighted by molar-refractivity contribution is -0.335. The third-order valence-corrected chi connectivity index (χ3v) is 1.95. The van der Waals surface area contributed by atoms with Crippen LogP contribution in [-0.2, 0) is 23.9 Å². The maximum absolute atomic E-state index is 11.2. The van der Waals surface area contributed by atoms with Crippen LogP contribution in [0.15, 0.2) is 0 Å². The Morgan fingerprint density at radius 1 is 0.900 bits per heavy atom. The largest absolute Gasteiger partial charge is 0.481 e. The molecule has 0 aromatic heterocycles. The van der Waals surface area contributed by atoms with Gasteiger partial charge < -0.3 is 40.5 Å². The van der Waals surface area contributed by atoms with Crippen LogP contribution < -0.4 is 0 Å². The summed E-state index contributed by atoms with van der Waals surface area (Å²) >= 11 is 0. The Labute approximate surface area is 109 Å². The molecule has 0 radical (unpaired) electrons. The number of ether oxygens (including phenoxy) is 1. The molecule has 0 bridgehead atoms. The predicted octanol–water partition coefficient (Wildman–Crippen LogP) is -4.10. The second kappa shape index (κ2) is 5.79. The van der Waals surface area contributed by atoms with Crippen LogP contribution in [0.3, 0.4) is 0 Å². The van der Waals surface area contributed by atoms with Crippen molar-refractivity contribution >= 4 is 23.9 Å². The highest BCUT2D eigenvalue weighted by Crippen LogP contribution is 2.20. The molecule has 0 aliphatic rings. The van der Waals surface area contributed by atoms with E-state index in [0.29, 0.717) is 0 Å². The molecule has 114 valence electrons. The molecule has 0 aliphatic heterocycles. The molecule has 0 spiro atoms. The fraction of sp³-hybridized carbons (Fsp3) is 0.500. The van der Waals surface area contributed by atoms with E-state index in [1.54, 1.807) is 0 Å². The van der Waals surface area contributed by atoms with Gasteiger partial charge in [-0.15, -0.1) is 0 Å². The molecule has 0 heterocycles. The van der Waals surface area contributed by atoms with Crippen molar-refractivity contribution in [3.05, 3.63) is 0 Å². The highest BCUT2D eigenvalue weighted by molar-refractivity contribution is 5.90. The number of carboxylic acid groups (broad SMARTS) is 3. The van der Waals surface area contributed by atoms with Gasteiger partial charge in [-0.1, -0.05) is 0 Å². The van der Waals surface area contributed by atoms with Crippen LogP contribution in [-0.4, -0.2) is 77.3 Å². The monoisotopic (exact) mass is 298 g/mol. The van der Waals surface area contributed by atoms with Crippen molar-refractivity contribution in [2.45, 2.75) is 24.1 Å². The fourth-order valence-corrected chi connectivity index (χ4v) is 0.841. The summed E-state index contributed by atoms with van der Waals surface area (Å²) in [6, 6.07) is 0. The van der Waals surface area contributed by atoms with Crippen LogP contribution >= 0.6 is 0 Å². The summed E-state index contributed by atoms with van der Waals surface area (Å²) in [5.41, 5.74) is 0. The summed E-state index contributed by atoms with van der Waals surface area (Å²) in [5.74, 6) is -17.7. The van der Waals surface area contributed by atoms with E-state index in [0.717, 1.165) is 0 Å². The zero-order valence-electron chi connectivity index (χ0n) is 9.46. The Morgan fingerprint density at radius 3 is 1.65 bits per heavy atom. The van der Waals surface area contributed by atoms with Gasteiger partial charge in [0.25, 0.3) is 0 Å². The number of hydrogen-bond acceptors (Lipinski definition) is 9. The SMILES string of the molecule is O=C(O)CC(OC(=O)C(O)(O)C(O)(O)C(=O)O)C(=O)O. The maximum Gasteiger partial charge on any atom is 0.374 e. The molecule has 0 fully saturated rings. The number of hydrogen-bond donors (Lipinski definition) is 7. The summed E-state index contributed by atoms with van der Waals surface area (Å²) in [7, 11) is 0. The molecule has 7 N–H and O–H groups in total. The van der Waals surface area contributed by atoms with Crippen molar-refractivity contribution in [1.82, 2.24) is 0 Å². The van der Waals surface area contributed by atoms with Gasteiger partial charge in [0, 0.05) is 0 Å². The van der Waals surface area contributed by atoms with E-state index in [-0.39, 0.29) is 0 Å². The van der Waals surface area contributed by atoms with E-state index in [4.69, 9.17) is 35.7 Å². The Kier molecular flexibility index (Phi) is 5.13. The first kappa shape index (κ1) is 17.7. The Hall–Kier alpha value is -2.28. The van der Waals surface area contributed by atoms with Gasteiger partial charge in [-0.25, -0.2) is 14.4 Å². The van der Waals surface area contributed by atoms with Crippen LogP contribution in [0.2, 0.25) is 0 Å². The molecule has 1 atom stereocenters. The number of aliphatic hydroxyl groups is 4. The van der Waals surface area contributed by atoms with Crippen LogP contribution in [0.25, 0.3) is 0 Å². The number of rotatable bonds is 7. The standard InChI is InChI=1S/C8H10O12/c9-3(10)1-2(4(11)12)20-6(15)8(18,19)7(16,17)5(13)14/h2,16-19H,1H2,(H,9,10)(H,11,12)(H,13,14). The number of carbonyl (C=O) groups is 4. The molecule has 0 aliphatic carbocycles. The highest BCUT2D eigenvalue weighted by atomic mass is 16.7.